The average Bonchev–Trinajstić information content (AvgIpc) is 2.38. The van der Waals surface area contributed by atoms with Gasteiger partial charge in [-0.3, -0.25) is 0 Å². The molecule has 0 amide bonds. The van der Waals surface area contributed by atoms with Crippen molar-refractivity contribution >= 4 is 44.4 Å². The number of fused-ring (bicyclic) bond motifs is 1. The Bertz CT molecular complexity index is 613. The van der Waals surface area contributed by atoms with E-state index in [1.165, 1.54) is 0 Å². The smallest absolute Gasteiger partial charge is 0.339 e. The number of hydrogen-bond donors (Lipinski definition) is 1. The minimum absolute atomic E-state index is 0.201. The van der Waals surface area contributed by atoms with Gasteiger partial charge in [-0.15, -0.1) is 0 Å². The van der Waals surface area contributed by atoms with Gasteiger partial charge in [-0.1, -0.05) is 22.0 Å². The number of aromatic carboxylic acids is 1. The van der Waals surface area contributed by atoms with Crippen LogP contribution in [0.15, 0.2) is 34.8 Å². The van der Waals surface area contributed by atoms with Crippen LogP contribution in [0.1, 0.15) is 10.4 Å². The van der Waals surface area contributed by atoms with E-state index in [-0.39, 0.29) is 5.56 Å². The van der Waals surface area contributed by atoms with Crippen molar-refractivity contribution in [1.29, 1.82) is 0 Å². The van der Waals surface area contributed by atoms with Crippen molar-refractivity contribution in [2.75, 3.05) is 18.6 Å². The van der Waals surface area contributed by atoms with E-state index in [0.29, 0.717) is 12.4 Å². The molecule has 0 aliphatic heterocycles. The fraction of sp³-hybridized carbons (Fsp3) is 0.214. The molecule has 0 aliphatic carbocycles. The number of carboxylic acids is 1. The standard InChI is InChI=1S/C14H13BrO3S/c1-19-5-4-18-13-8-9-2-3-11(15)6-10(9)7-12(13)14(16)17/h2-3,6-8H,4-5H2,1H3,(H,16,17). The summed E-state index contributed by atoms with van der Waals surface area (Å²) in [6.07, 6.45) is 1.99. The van der Waals surface area contributed by atoms with Gasteiger partial charge in [-0.2, -0.15) is 11.8 Å². The highest BCUT2D eigenvalue weighted by Crippen LogP contribution is 2.28. The third-order valence-corrected chi connectivity index (χ3v) is 3.74. The van der Waals surface area contributed by atoms with Crippen LogP contribution in [-0.4, -0.2) is 29.7 Å². The van der Waals surface area contributed by atoms with Crippen LogP contribution in [0.5, 0.6) is 5.75 Å². The number of carbonyl (C=O) groups is 1. The summed E-state index contributed by atoms with van der Waals surface area (Å²) in [5.41, 5.74) is 0.201. The van der Waals surface area contributed by atoms with Crippen molar-refractivity contribution in [3.63, 3.8) is 0 Å². The Morgan fingerprint density at radius 2 is 2.11 bits per heavy atom. The average molecular weight is 341 g/mol. The first-order valence-corrected chi connectivity index (χ1v) is 7.89. The first-order valence-electron chi connectivity index (χ1n) is 5.70. The van der Waals surface area contributed by atoms with Gasteiger partial charge in [0.15, 0.2) is 0 Å². The Hall–Kier alpha value is -1.20. The van der Waals surface area contributed by atoms with Gasteiger partial charge in [0, 0.05) is 10.2 Å². The molecule has 0 fully saturated rings. The molecule has 0 atom stereocenters. The number of carboxylic acid groups (broad SMARTS) is 1. The van der Waals surface area contributed by atoms with Gasteiger partial charge in [0.2, 0.25) is 0 Å². The molecule has 0 heterocycles. The van der Waals surface area contributed by atoms with Crippen molar-refractivity contribution in [3.8, 4) is 5.75 Å². The van der Waals surface area contributed by atoms with Gasteiger partial charge >= 0.3 is 5.97 Å². The van der Waals surface area contributed by atoms with Crippen molar-refractivity contribution in [2.45, 2.75) is 0 Å². The topological polar surface area (TPSA) is 46.5 Å². The Morgan fingerprint density at radius 1 is 1.32 bits per heavy atom. The highest BCUT2D eigenvalue weighted by Gasteiger charge is 2.13. The lowest BCUT2D eigenvalue weighted by atomic mass is 10.1. The van der Waals surface area contributed by atoms with E-state index in [4.69, 9.17) is 4.74 Å². The molecule has 0 aromatic heterocycles. The van der Waals surface area contributed by atoms with Crippen molar-refractivity contribution in [2.24, 2.45) is 0 Å². The Balaban J connectivity index is 2.45. The number of benzene rings is 2. The van der Waals surface area contributed by atoms with Gasteiger partial charge < -0.3 is 9.84 Å². The minimum Gasteiger partial charge on any atom is -0.492 e. The molecule has 0 saturated heterocycles. The Morgan fingerprint density at radius 3 is 2.79 bits per heavy atom. The third-order valence-electron chi connectivity index (χ3n) is 2.68. The molecule has 0 saturated carbocycles. The summed E-state index contributed by atoms with van der Waals surface area (Å²) in [7, 11) is 0. The molecule has 2 aromatic carbocycles. The molecule has 2 aromatic rings. The number of ether oxygens (including phenoxy) is 1. The van der Waals surface area contributed by atoms with Crippen molar-refractivity contribution in [3.05, 3.63) is 40.4 Å². The van der Waals surface area contributed by atoms with Gasteiger partial charge in [-0.25, -0.2) is 4.79 Å². The Kier molecular flexibility index (Phi) is 4.71. The molecule has 2 rings (SSSR count). The first kappa shape index (κ1) is 14.2. The zero-order valence-corrected chi connectivity index (χ0v) is 12.8. The van der Waals surface area contributed by atoms with Crippen LogP contribution < -0.4 is 4.74 Å². The summed E-state index contributed by atoms with van der Waals surface area (Å²) in [6.45, 7) is 0.503. The van der Waals surface area contributed by atoms with Crippen LogP contribution in [0, 0.1) is 0 Å². The molecular weight excluding hydrogens is 328 g/mol. The summed E-state index contributed by atoms with van der Waals surface area (Å²) >= 11 is 5.04. The first-order chi connectivity index (χ1) is 9.11. The summed E-state index contributed by atoms with van der Waals surface area (Å²) in [5.74, 6) is 0.287. The lowest BCUT2D eigenvalue weighted by molar-refractivity contribution is 0.0693. The fourth-order valence-electron chi connectivity index (χ4n) is 1.77. The van der Waals surface area contributed by atoms with E-state index in [1.54, 1.807) is 23.9 Å². The van der Waals surface area contributed by atoms with Gasteiger partial charge in [0.1, 0.15) is 11.3 Å². The maximum atomic E-state index is 11.3. The second-order valence-electron chi connectivity index (χ2n) is 3.99. The van der Waals surface area contributed by atoms with E-state index in [2.05, 4.69) is 15.9 Å². The lowest BCUT2D eigenvalue weighted by Gasteiger charge is -2.10. The maximum absolute atomic E-state index is 11.3. The van der Waals surface area contributed by atoms with Crippen molar-refractivity contribution < 1.29 is 14.6 Å². The summed E-state index contributed by atoms with van der Waals surface area (Å²) < 4.78 is 6.49. The molecule has 0 aliphatic rings. The van der Waals surface area contributed by atoms with Crippen LogP contribution in [0.2, 0.25) is 0 Å². The zero-order chi connectivity index (χ0) is 13.8. The molecular formula is C14H13BrO3S. The molecule has 3 nitrogen and oxygen atoms in total. The maximum Gasteiger partial charge on any atom is 0.339 e. The van der Waals surface area contributed by atoms with Crippen LogP contribution in [0.25, 0.3) is 10.8 Å². The lowest BCUT2D eigenvalue weighted by Crippen LogP contribution is -2.06. The number of rotatable bonds is 5. The quantitative estimate of drug-likeness (QED) is 0.834. The largest absolute Gasteiger partial charge is 0.492 e. The van der Waals surface area contributed by atoms with Gasteiger partial charge in [0.25, 0.3) is 0 Å². The fourth-order valence-corrected chi connectivity index (χ4v) is 2.40. The van der Waals surface area contributed by atoms with E-state index < -0.39 is 5.97 Å². The molecule has 0 radical (unpaired) electrons. The van der Waals surface area contributed by atoms with Crippen LogP contribution >= 0.6 is 27.7 Å². The number of thioether (sulfide) groups is 1. The number of hydrogen-bond acceptors (Lipinski definition) is 3. The molecule has 0 bridgehead atoms. The summed E-state index contributed by atoms with van der Waals surface area (Å²) in [5, 5.41) is 11.1. The summed E-state index contributed by atoms with van der Waals surface area (Å²) in [6, 6.07) is 9.19. The minimum atomic E-state index is -0.971. The normalized spacial score (nSPS) is 10.6. The second-order valence-corrected chi connectivity index (χ2v) is 5.89. The van der Waals surface area contributed by atoms with Crippen LogP contribution in [0.3, 0.4) is 0 Å². The molecule has 100 valence electrons. The van der Waals surface area contributed by atoms with E-state index >= 15 is 0 Å². The van der Waals surface area contributed by atoms with Crippen LogP contribution in [-0.2, 0) is 0 Å². The van der Waals surface area contributed by atoms with Gasteiger partial charge in [0.05, 0.1) is 6.61 Å². The predicted molar refractivity (Wildman–Crippen MR) is 82.5 cm³/mol. The molecule has 0 spiro atoms. The summed E-state index contributed by atoms with van der Waals surface area (Å²) in [4.78, 5) is 11.3. The van der Waals surface area contributed by atoms with E-state index in [9.17, 15) is 9.90 Å². The van der Waals surface area contributed by atoms with Crippen LogP contribution in [0.4, 0.5) is 0 Å². The second kappa shape index (κ2) is 6.30. The molecule has 19 heavy (non-hydrogen) atoms. The molecule has 0 unspecified atom stereocenters. The monoisotopic (exact) mass is 340 g/mol. The third kappa shape index (κ3) is 3.42. The zero-order valence-electron chi connectivity index (χ0n) is 10.4. The number of halogens is 1. The van der Waals surface area contributed by atoms with E-state index in [1.807, 2.05) is 24.5 Å². The van der Waals surface area contributed by atoms with Crippen molar-refractivity contribution in [1.82, 2.24) is 0 Å². The Labute approximate surface area is 124 Å². The highest BCUT2D eigenvalue weighted by molar-refractivity contribution is 9.10. The molecule has 1 N–H and O–H groups in total. The SMILES string of the molecule is CSCCOc1cc2ccc(Br)cc2cc1C(=O)O. The highest BCUT2D eigenvalue weighted by atomic mass is 79.9. The molecule has 5 heteroatoms. The predicted octanol–water partition coefficient (Wildman–Crippen LogP) is 4.04. The van der Waals surface area contributed by atoms with E-state index in [0.717, 1.165) is 21.0 Å². The van der Waals surface area contributed by atoms with Gasteiger partial charge in [-0.05, 0) is 41.3 Å².